The van der Waals surface area contributed by atoms with Gasteiger partial charge in [0.1, 0.15) is 5.75 Å². The van der Waals surface area contributed by atoms with Gasteiger partial charge in [0.15, 0.2) is 0 Å². The number of phenolic OH excluding ortho intramolecular Hbond substituents is 1. The highest BCUT2D eigenvalue weighted by Crippen LogP contribution is 2.31. The van der Waals surface area contributed by atoms with Crippen LogP contribution in [0.2, 0.25) is 0 Å². The molecule has 104 valence electrons. The zero-order valence-electron chi connectivity index (χ0n) is 10.7. The Hall–Kier alpha value is -3.15. The minimum atomic E-state index is -1.10. The van der Waals surface area contributed by atoms with E-state index < -0.39 is 5.97 Å². The van der Waals surface area contributed by atoms with Crippen LogP contribution < -0.4 is 0 Å². The van der Waals surface area contributed by atoms with Crippen molar-refractivity contribution >= 4 is 22.8 Å². The molecule has 0 bridgehead atoms. The van der Waals surface area contributed by atoms with Gasteiger partial charge in [-0.05, 0) is 22.9 Å². The summed E-state index contributed by atoms with van der Waals surface area (Å²) in [6, 6.07) is 10.6. The Morgan fingerprint density at radius 1 is 1.19 bits per heavy atom. The third-order valence-corrected chi connectivity index (χ3v) is 2.89. The second-order valence-electron chi connectivity index (χ2n) is 4.33. The minimum Gasteiger partial charge on any atom is -0.508 e. The summed E-state index contributed by atoms with van der Waals surface area (Å²) in [4.78, 5) is 10.5. The van der Waals surface area contributed by atoms with Crippen LogP contribution in [0.4, 0.5) is 0 Å². The van der Waals surface area contributed by atoms with E-state index in [9.17, 15) is 9.90 Å². The Balaban J connectivity index is 2.10. The van der Waals surface area contributed by atoms with Gasteiger partial charge in [0.25, 0.3) is 0 Å². The van der Waals surface area contributed by atoms with Crippen molar-refractivity contribution in [1.82, 2.24) is 10.2 Å². The van der Waals surface area contributed by atoms with Crippen LogP contribution in [0.25, 0.3) is 28.3 Å². The Labute approximate surface area is 119 Å². The first kappa shape index (κ1) is 12.9. The highest BCUT2D eigenvalue weighted by Gasteiger charge is 2.12. The molecular weight excluding hydrogens is 272 g/mol. The van der Waals surface area contributed by atoms with Crippen LogP contribution >= 0.6 is 0 Å². The molecule has 0 spiro atoms. The van der Waals surface area contributed by atoms with Crippen LogP contribution in [0.5, 0.6) is 5.75 Å². The van der Waals surface area contributed by atoms with Crippen LogP contribution in [0.15, 0.2) is 46.9 Å². The number of aromatic hydroxyl groups is 1. The van der Waals surface area contributed by atoms with E-state index in [-0.39, 0.29) is 17.5 Å². The Morgan fingerprint density at radius 2 is 2.00 bits per heavy atom. The number of carboxylic acid groups (broad SMARTS) is 1. The summed E-state index contributed by atoms with van der Waals surface area (Å²) in [5.41, 5.74) is 0.591. The Kier molecular flexibility index (Phi) is 3.12. The summed E-state index contributed by atoms with van der Waals surface area (Å²) in [5.74, 6) is -0.714. The van der Waals surface area contributed by atoms with Gasteiger partial charge < -0.3 is 14.6 Å². The van der Waals surface area contributed by atoms with E-state index in [0.29, 0.717) is 5.56 Å². The molecule has 0 atom stereocenters. The van der Waals surface area contributed by atoms with E-state index in [0.717, 1.165) is 16.8 Å². The molecule has 3 aromatic rings. The number of nitrogens with zero attached hydrogens (tertiary/aromatic N) is 2. The number of aliphatic carboxylic acids is 1. The normalized spacial score (nSPS) is 11.2. The summed E-state index contributed by atoms with van der Waals surface area (Å²) >= 11 is 0. The highest BCUT2D eigenvalue weighted by molar-refractivity contribution is 5.96. The average molecular weight is 282 g/mol. The van der Waals surface area contributed by atoms with Crippen molar-refractivity contribution in [1.29, 1.82) is 0 Å². The maximum absolute atomic E-state index is 10.5. The van der Waals surface area contributed by atoms with Crippen LogP contribution in [-0.2, 0) is 4.79 Å². The molecule has 0 saturated carbocycles. The molecule has 0 aliphatic carbocycles. The first-order valence-electron chi connectivity index (χ1n) is 6.10. The molecule has 0 radical (unpaired) electrons. The third-order valence-electron chi connectivity index (χ3n) is 2.89. The molecule has 2 aromatic carbocycles. The molecule has 3 rings (SSSR count). The summed E-state index contributed by atoms with van der Waals surface area (Å²) in [6.45, 7) is 0. The van der Waals surface area contributed by atoms with Gasteiger partial charge in [-0.2, -0.15) is 0 Å². The molecule has 2 N–H and O–H groups in total. The first-order valence-corrected chi connectivity index (χ1v) is 6.10. The molecule has 0 amide bonds. The van der Waals surface area contributed by atoms with E-state index in [1.165, 1.54) is 12.1 Å². The lowest BCUT2D eigenvalue weighted by atomic mass is 10.0. The summed E-state index contributed by atoms with van der Waals surface area (Å²) in [7, 11) is 0. The number of hydrogen-bond donors (Lipinski definition) is 2. The van der Waals surface area contributed by atoms with E-state index in [2.05, 4.69) is 10.2 Å². The lowest BCUT2D eigenvalue weighted by Gasteiger charge is -2.03. The van der Waals surface area contributed by atoms with Crippen molar-refractivity contribution in [2.75, 3.05) is 0 Å². The van der Waals surface area contributed by atoms with Crippen molar-refractivity contribution in [3.8, 4) is 17.2 Å². The minimum absolute atomic E-state index is 0.0832. The molecule has 0 unspecified atom stereocenters. The van der Waals surface area contributed by atoms with Crippen molar-refractivity contribution in [2.45, 2.75) is 0 Å². The maximum atomic E-state index is 10.5. The number of carbonyl (C=O) groups is 1. The van der Waals surface area contributed by atoms with Crippen molar-refractivity contribution < 1.29 is 19.4 Å². The lowest BCUT2D eigenvalue weighted by Crippen LogP contribution is -1.85. The molecule has 6 nitrogen and oxygen atoms in total. The molecule has 0 fully saturated rings. The van der Waals surface area contributed by atoms with E-state index in [1.807, 2.05) is 24.3 Å². The largest absolute Gasteiger partial charge is 0.508 e. The summed E-state index contributed by atoms with van der Waals surface area (Å²) < 4.78 is 5.40. The van der Waals surface area contributed by atoms with Gasteiger partial charge in [0.05, 0.1) is 5.56 Å². The second kappa shape index (κ2) is 5.09. The van der Waals surface area contributed by atoms with E-state index in [1.54, 1.807) is 6.07 Å². The number of hydrogen-bond acceptors (Lipinski definition) is 5. The SMILES string of the molecule is O=C(O)/C=C\c1nnc(-c2cc(O)cc3ccccc23)o1. The smallest absolute Gasteiger partial charge is 0.328 e. The van der Waals surface area contributed by atoms with Crippen LogP contribution in [0, 0.1) is 0 Å². The maximum Gasteiger partial charge on any atom is 0.328 e. The molecule has 0 aliphatic rings. The van der Waals surface area contributed by atoms with Crippen LogP contribution in [0.3, 0.4) is 0 Å². The topological polar surface area (TPSA) is 96.5 Å². The third kappa shape index (κ3) is 2.59. The zero-order valence-corrected chi connectivity index (χ0v) is 10.7. The Morgan fingerprint density at radius 3 is 2.81 bits per heavy atom. The number of aromatic nitrogens is 2. The Bertz CT molecular complexity index is 852. The molecule has 0 aliphatic heterocycles. The molecule has 1 heterocycles. The molecule has 6 heteroatoms. The molecule has 1 aromatic heterocycles. The first-order chi connectivity index (χ1) is 10.1. The van der Waals surface area contributed by atoms with E-state index >= 15 is 0 Å². The highest BCUT2D eigenvalue weighted by atomic mass is 16.4. The van der Waals surface area contributed by atoms with Gasteiger partial charge in [0.2, 0.25) is 11.8 Å². The zero-order chi connectivity index (χ0) is 14.8. The van der Waals surface area contributed by atoms with Crippen molar-refractivity contribution in [2.24, 2.45) is 0 Å². The second-order valence-corrected chi connectivity index (χ2v) is 4.33. The van der Waals surface area contributed by atoms with Gasteiger partial charge in [0, 0.05) is 12.2 Å². The van der Waals surface area contributed by atoms with Crippen LogP contribution in [-0.4, -0.2) is 26.4 Å². The summed E-state index contributed by atoms with van der Waals surface area (Å²) in [6.07, 6.45) is 2.13. The van der Waals surface area contributed by atoms with Crippen LogP contribution in [0.1, 0.15) is 5.89 Å². The van der Waals surface area contributed by atoms with E-state index in [4.69, 9.17) is 9.52 Å². The van der Waals surface area contributed by atoms with Crippen molar-refractivity contribution in [3.05, 3.63) is 48.4 Å². The number of fused-ring (bicyclic) bond motifs is 1. The van der Waals surface area contributed by atoms with Gasteiger partial charge in [-0.25, -0.2) is 4.79 Å². The van der Waals surface area contributed by atoms with Gasteiger partial charge in [-0.1, -0.05) is 24.3 Å². The summed E-state index contributed by atoms with van der Waals surface area (Å²) in [5, 5.41) is 27.7. The quantitative estimate of drug-likeness (QED) is 0.717. The standard InChI is InChI=1S/C15H10N2O4/c18-10-7-9-3-1-2-4-11(9)12(8-10)15-17-16-13(21-15)5-6-14(19)20/h1-8,18H,(H,19,20)/b6-5-. The number of benzene rings is 2. The molecular formula is C15H10N2O4. The van der Waals surface area contributed by atoms with Gasteiger partial charge >= 0.3 is 5.97 Å². The predicted molar refractivity (Wildman–Crippen MR) is 75.6 cm³/mol. The lowest BCUT2D eigenvalue weighted by molar-refractivity contribution is -0.131. The molecule has 0 saturated heterocycles. The average Bonchev–Trinajstić information content (AvgIpc) is 2.93. The predicted octanol–water partition coefficient (Wildman–Crippen LogP) is 2.69. The van der Waals surface area contributed by atoms with Crippen molar-refractivity contribution in [3.63, 3.8) is 0 Å². The van der Waals surface area contributed by atoms with Gasteiger partial charge in [-0.3, -0.25) is 0 Å². The number of phenols is 1. The number of rotatable bonds is 3. The fourth-order valence-electron chi connectivity index (χ4n) is 2.03. The number of carboxylic acids is 1. The monoisotopic (exact) mass is 282 g/mol. The fourth-order valence-corrected chi connectivity index (χ4v) is 2.03. The molecule has 21 heavy (non-hydrogen) atoms. The fraction of sp³-hybridized carbons (Fsp3) is 0. The van der Waals surface area contributed by atoms with Gasteiger partial charge in [-0.15, -0.1) is 10.2 Å².